The monoisotopic (exact) mass is 262 g/mol. The molecule has 0 bridgehead atoms. The van der Waals surface area contributed by atoms with Crippen LogP contribution in [-0.4, -0.2) is 21.0 Å². The van der Waals surface area contributed by atoms with Gasteiger partial charge in [0.2, 0.25) is 5.28 Å². The van der Waals surface area contributed by atoms with Gasteiger partial charge in [0.15, 0.2) is 5.82 Å². The lowest BCUT2D eigenvalue weighted by Gasteiger charge is -2.23. The molecule has 5 heteroatoms. The van der Waals surface area contributed by atoms with E-state index in [1.54, 1.807) is 6.20 Å². The van der Waals surface area contributed by atoms with Crippen LogP contribution in [0.4, 0.5) is 5.82 Å². The minimum Gasteiger partial charge on any atom is -0.365 e. The third-order valence-corrected chi connectivity index (χ3v) is 3.54. The number of nitrogens with zero attached hydrogens (tertiary/aromatic N) is 3. The number of fused-ring (bicyclic) bond motifs is 1. The summed E-state index contributed by atoms with van der Waals surface area (Å²) >= 11 is 5.95. The van der Waals surface area contributed by atoms with Crippen LogP contribution < -0.4 is 5.32 Å². The molecular formula is C13H15ClN4. The summed E-state index contributed by atoms with van der Waals surface area (Å²) in [6, 6.07) is 4.24. The van der Waals surface area contributed by atoms with Crippen molar-refractivity contribution in [2.24, 2.45) is 0 Å². The van der Waals surface area contributed by atoms with Crippen LogP contribution in [0.2, 0.25) is 5.28 Å². The highest BCUT2D eigenvalue weighted by Crippen LogP contribution is 2.25. The van der Waals surface area contributed by atoms with Crippen LogP contribution in [-0.2, 0) is 0 Å². The highest BCUT2D eigenvalue weighted by molar-refractivity contribution is 6.28. The molecular weight excluding hydrogens is 248 g/mol. The fraction of sp³-hybridized carbons (Fsp3) is 0.462. The third kappa shape index (κ3) is 2.38. The molecule has 0 saturated heterocycles. The lowest BCUT2D eigenvalue weighted by atomic mass is 9.95. The van der Waals surface area contributed by atoms with E-state index in [0.717, 1.165) is 16.9 Å². The Morgan fingerprint density at radius 1 is 1.17 bits per heavy atom. The molecule has 94 valence electrons. The summed E-state index contributed by atoms with van der Waals surface area (Å²) in [6.07, 6.45) is 8.03. The van der Waals surface area contributed by atoms with Gasteiger partial charge in [-0.15, -0.1) is 0 Å². The molecule has 3 rings (SSSR count). The first-order chi connectivity index (χ1) is 8.83. The second kappa shape index (κ2) is 5.06. The van der Waals surface area contributed by atoms with Gasteiger partial charge in [0.1, 0.15) is 5.52 Å². The predicted octanol–water partition coefficient (Wildman–Crippen LogP) is 3.42. The van der Waals surface area contributed by atoms with Crippen molar-refractivity contribution >= 4 is 28.5 Å². The standard InChI is InChI=1S/C13H15ClN4/c14-13-17-10-7-4-8-15-11(10)12(18-13)16-9-5-2-1-3-6-9/h4,7-9H,1-3,5-6H2,(H,16,17,18). The lowest BCUT2D eigenvalue weighted by molar-refractivity contribution is 0.462. The molecule has 0 unspecified atom stereocenters. The zero-order valence-corrected chi connectivity index (χ0v) is 10.8. The van der Waals surface area contributed by atoms with Crippen molar-refractivity contribution in [3.63, 3.8) is 0 Å². The molecule has 1 saturated carbocycles. The van der Waals surface area contributed by atoms with Gasteiger partial charge in [-0.05, 0) is 36.6 Å². The molecule has 0 atom stereocenters. The van der Waals surface area contributed by atoms with Gasteiger partial charge < -0.3 is 5.32 Å². The van der Waals surface area contributed by atoms with Gasteiger partial charge in [-0.3, -0.25) is 4.98 Å². The average Bonchev–Trinajstić information content (AvgIpc) is 2.40. The van der Waals surface area contributed by atoms with E-state index in [9.17, 15) is 0 Å². The summed E-state index contributed by atoms with van der Waals surface area (Å²) < 4.78 is 0. The number of hydrogen-bond acceptors (Lipinski definition) is 4. The van der Waals surface area contributed by atoms with Crippen molar-refractivity contribution in [3.05, 3.63) is 23.6 Å². The number of halogens is 1. The first kappa shape index (κ1) is 11.7. The number of hydrogen-bond donors (Lipinski definition) is 1. The molecule has 0 amide bonds. The van der Waals surface area contributed by atoms with Crippen LogP contribution in [0.5, 0.6) is 0 Å². The Labute approximate surface area is 111 Å². The molecule has 1 aliphatic carbocycles. The van der Waals surface area contributed by atoms with Gasteiger partial charge in [-0.1, -0.05) is 19.3 Å². The number of pyridine rings is 1. The van der Waals surface area contributed by atoms with Crippen LogP contribution in [0.1, 0.15) is 32.1 Å². The van der Waals surface area contributed by atoms with E-state index in [1.165, 1.54) is 32.1 Å². The molecule has 0 aromatic carbocycles. The number of anilines is 1. The van der Waals surface area contributed by atoms with Crippen molar-refractivity contribution < 1.29 is 0 Å². The van der Waals surface area contributed by atoms with Gasteiger partial charge in [-0.2, -0.15) is 4.98 Å². The van der Waals surface area contributed by atoms with Crippen LogP contribution in [0.25, 0.3) is 11.0 Å². The number of nitrogens with one attached hydrogen (secondary N) is 1. The van der Waals surface area contributed by atoms with E-state index in [4.69, 9.17) is 11.6 Å². The van der Waals surface area contributed by atoms with E-state index >= 15 is 0 Å². The smallest absolute Gasteiger partial charge is 0.225 e. The molecule has 2 heterocycles. The van der Waals surface area contributed by atoms with Crippen molar-refractivity contribution in [2.45, 2.75) is 38.1 Å². The molecule has 0 radical (unpaired) electrons. The van der Waals surface area contributed by atoms with Gasteiger partial charge in [0.05, 0.1) is 5.52 Å². The Hall–Kier alpha value is -1.42. The van der Waals surface area contributed by atoms with E-state index in [0.29, 0.717) is 6.04 Å². The first-order valence-corrected chi connectivity index (χ1v) is 6.75. The summed E-state index contributed by atoms with van der Waals surface area (Å²) in [6.45, 7) is 0. The molecule has 2 aromatic heterocycles. The van der Waals surface area contributed by atoms with E-state index in [-0.39, 0.29) is 5.28 Å². The van der Waals surface area contributed by atoms with E-state index < -0.39 is 0 Å². The molecule has 4 nitrogen and oxygen atoms in total. The quantitative estimate of drug-likeness (QED) is 0.843. The molecule has 1 N–H and O–H groups in total. The third-order valence-electron chi connectivity index (χ3n) is 3.37. The lowest BCUT2D eigenvalue weighted by Crippen LogP contribution is -2.23. The zero-order chi connectivity index (χ0) is 12.4. The van der Waals surface area contributed by atoms with Crippen LogP contribution in [0.3, 0.4) is 0 Å². The maximum Gasteiger partial charge on any atom is 0.225 e. The van der Waals surface area contributed by atoms with Crippen molar-refractivity contribution in [2.75, 3.05) is 5.32 Å². The fourth-order valence-corrected chi connectivity index (χ4v) is 2.66. The Morgan fingerprint density at radius 2 is 2.00 bits per heavy atom. The average molecular weight is 263 g/mol. The largest absolute Gasteiger partial charge is 0.365 e. The molecule has 0 aliphatic heterocycles. The van der Waals surface area contributed by atoms with Gasteiger partial charge >= 0.3 is 0 Å². The highest BCUT2D eigenvalue weighted by atomic mass is 35.5. The van der Waals surface area contributed by atoms with Gasteiger partial charge in [0.25, 0.3) is 0 Å². The van der Waals surface area contributed by atoms with Gasteiger partial charge in [-0.25, -0.2) is 4.98 Å². The van der Waals surface area contributed by atoms with Crippen LogP contribution >= 0.6 is 11.6 Å². The molecule has 1 fully saturated rings. The number of aromatic nitrogens is 3. The summed E-state index contributed by atoms with van der Waals surface area (Å²) in [5, 5.41) is 3.74. The minimum absolute atomic E-state index is 0.272. The Kier molecular flexibility index (Phi) is 3.28. The Morgan fingerprint density at radius 3 is 2.83 bits per heavy atom. The fourth-order valence-electron chi connectivity index (χ4n) is 2.48. The second-order valence-corrected chi connectivity index (χ2v) is 5.03. The molecule has 0 spiro atoms. The Bertz CT molecular complexity index is 552. The van der Waals surface area contributed by atoms with E-state index in [1.807, 2.05) is 12.1 Å². The first-order valence-electron chi connectivity index (χ1n) is 6.38. The molecule has 1 aliphatic rings. The summed E-state index contributed by atoms with van der Waals surface area (Å²) in [7, 11) is 0. The zero-order valence-electron chi connectivity index (χ0n) is 10.1. The maximum absolute atomic E-state index is 5.95. The maximum atomic E-state index is 5.95. The normalized spacial score (nSPS) is 16.9. The van der Waals surface area contributed by atoms with Crippen molar-refractivity contribution in [3.8, 4) is 0 Å². The topological polar surface area (TPSA) is 50.7 Å². The highest BCUT2D eigenvalue weighted by Gasteiger charge is 2.16. The summed E-state index contributed by atoms with van der Waals surface area (Å²) in [5.41, 5.74) is 1.59. The second-order valence-electron chi connectivity index (χ2n) is 4.69. The minimum atomic E-state index is 0.272. The summed E-state index contributed by atoms with van der Waals surface area (Å²) in [5.74, 6) is 0.762. The Balaban J connectivity index is 1.94. The summed E-state index contributed by atoms with van der Waals surface area (Å²) in [4.78, 5) is 12.8. The van der Waals surface area contributed by atoms with Crippen molar-refractivity contribution in [1.82, 2.24) is 15.0 Å². The van der Waals surface area contributed by atoms with Crippen molar-refractivity contribution in [1.29, 1.82) is 0 Å². The molecule has 2 aromatic rings. The number of rotatable bonds is 2. The van der Waals surface area contributed by atoms with Crippen LogP contribution in [0, 0.1) is 0 Å². The SMILES string of the molecule is Clc1nc(NC2CCCCC2)c2ncccc2n1. The van der Waals surface area contributed by atoms with Gasteiger partial charge in [0, 0.05) is 12.2 Å². The predicted molar refractivity (Wildman–Crippen MR) is 72.8 cm³/mol. The molecule has 18 heavy (non-hydrogen) atoms. The van der Waals surface area contributed by atoms with Crippen LogP contribution in [0.15, 0.2) is 18.3 Å². The van der Waals surface area contributed by atoms with E-state index in [2.05, 4.69) is 20.3 Å².